The zero-order valence-electron chi connectivity index (χ0n) is 19.1. The van der Waals surface area contributed by atoms with E-state index in [4.69, 9.17) is 0 Å². The molecule has 0 bridgehead atoms. The fourth-order valence-corrected chi connectivity index (χ4v) is 4.21. The van der Waals surface area contributed by atoms with Gasteiger partial charge in [0, 0.05) is 13.1 Å². The fraction of sp³-hybridized carbons (Fsp3) is 0.800. The molecule has 0 aromatic carbocycles. The second-order valence-electron chi connectivity index (χ2n) is 10.1. The molecule has 2 fully saturated rings. The summed E-state index contributed by atoms with van der Waals surface area (Å²) in [5.74, 6) is -2.01. The molecular formula is C20H34N4O6. The predicted octanol–water partition coefficient (Wildman–Crippen LogP) is 1.00. The Labute approximate surface area is 177 Å². The second-order valence-corrected chi connectivity index (χ2v) is 10.1. The number of carbonyl (C=O) groups is 4. The van der Waals surface area contributed by atoms with Gasteiger partial charge in [0.05, 0.1) is 0 Å². The Bertz CT molecular complexity index is 653. The third-order valence-electron chi connectivity index (χ3n) is 6.21. The maximum absolute atomic E-state index is 12.7. The molecular weight excluding hydrogens is 392 g/mol. The van der Waals surface area contributed by atoms with Crippen LogP contribution in [0.4, 0.5) is 0 Å². The van der Waals surface area contributed by atoms with Crippen molar-refractivity contribution >= 4 is 23.6 Å². The number of rotatable bonds is 5. The third-order valence-corrected chi connectivity index (χ3v) is 6.21. The molecule has 170 valence electrons. The zero-order chi connectivity index (χ0) is 23.4. The fourth-order valence-electron chi connectivity index (χ4n) is 4.21. The van der Waals surface area contributed by atoms with Crippen LogP contribution in [0.25, 0.3) is 0 Å². The van der Waals surface area contributed by atoms with Crippen molar-refractivity contribution in [3.63, 3.8) is 0 Å². The highest BCUT2D eigenvalue weighted by molar-refractivity contribution is 6.06. The smallest absolute Gasteiger partial charge is 0.251 e. The molecule has 2 heterocycles. The van der Waals surface area contributed by atoms with E-state index in [1.807, 2.05) is 0 Å². The van der Waals surface area contributed by atoms with E-state index in [1.165, 1.54) is 0 Å². The number of unbranched alkanes of at least 4 members (excludes halogenated alkanes) is 1. The molecule has 0 saturated carbocycles. The van der Waals surface area contributed by atoms with Crippen LogP contribution in [0.3, 0.4) is 0 Å². The Morgan fingerprint density at radius 2 is 0.733 bits per heavy atom. The second kappa shape index (κ2) is 7.37. The van der Waals surface area contributed by atoms with E-state index in [0.29, 0.717) is 12.8 Å². The molecule has 30 heavy (non-hydrogen) atoms. The van der Waals surface area contributed by atoms with Crippen LogP contribution in [0.5, 0.6) is 0 Å². The lowest BCUT2D eigenvalue weighted by Gasteiger charge is -2.50. The van der Waals surface area contributed by atoms with Crippen molar-refractivity contribution in [3.05, 3.63) is 0 Å². The highest BCUT2D eigenvalue weighted by atomic mass is 16.5. The Kier molecular flexibility index (Phi) is 5.99. The van der Waals surface area contributed by atoms with Crippen molar-refractivity contribution in [2.24, 2.45) is 0 Å². The van der Waals surface area contributed by atoms with Crippen LogP contribution in [0, 0.1) is 0 Å². The summed E-state index contributed by atoms with van der Waals surface area (Å²) in [7, 11) is 0. The van der Waals surface area contributed by atoms with Crippen molar-refractivity contribution in [1.82, 2.24) is 19.9 Å². The van der Waals surface area contributed by atoms with E-state index in [9.17, 15) is 29.6 Å². The molecule has 0 radical (unpaired) electrons. The lowest BCUT2D eigenvalue weighted by molar-refractivity contribution is -0.243. The maximum atomic E-state index is 12.7. The summed E-state index contributed by atoms with van der Waals surface area (Å²) in [5.41, 5.74) is -5.02. The molecule has 10 nitrogen and oxygen atoms in total. The van der Waals surface area contributed by atoms with Gasteiger partial charge in [0.1, 0.15) is 22.2 Å². The number of piperazine rings is 2. The van der Waals surface area contributed by atoms with Crippen LogP contribution in [0.1, 0.15) is 68.2 Å². The van der Waals surface area contributed by atoms with E-state index in [1.54, 1.807) is 55.4 Å². The summed E-state index contributed by atoms with van der Waals surface area (Å²) in [6.45, 7) is 12.6. The van der Waals surface area contributed by atoms with Crippen molar-refractivity contribution in [1.29, 1.82) is 0 Å². The van der Waals surface area contributed by atoms with Gasteiger partial charge in [-0.15, -0.1) is 0 Å². The van der Waals surface area contributed by atoms with Crippen LogP contribution in [0.15, 0.2) is 0 Å². The Morgan fingerprint density at radius 3 is 0.933 bits per heavy atom. The number of carbonyl (C=O) groups excluding carboxylic acids is 4. The van der Waals surface area contributed by atoms with Crippen LogP contribution in [-0.4, -0.2) is 89.2 Å². The van der Waals surface area contributed by atoms with E-state index < -0.39 is 45.8 Å². The summed E-state index contributed by atoms with van der Waals surface area (Å²) in [5, 5.41) is 22.2. The molecule has 0 aliphatic carbocycles. The van der Waals surface area contributed by atoms with E-state index in [2.05, 4.69) is 0 Å². The summed E-state index contributed by atoms with van der Waals surface area (Å²) >= 11 is 0. The standard InChI is InChI=1S/C20H34N4O6/c1-17(2)13(25)21(14(26)18(3,4)23(17)29)11-9-10-12-22-15(27)19(5,6)24(30)20(7,8)16(22)28/h29-30H,9-12H2,1-8H3. The summed E-state index contributed by atoms with van der Waals surface area (Å²) in [6.07, 6.45) is 0.769. The van der Waals surface area contributed by atoms with E-state index >= 15 is 0 Å². The van der Waals surface area contributed by atoms with Gasteiger partial charge in [-0.1, -0.05) is 0 Å². The van der Waals surface area contributed by atoms with Crippen LogP contribution in [-0.2, 0) is 19.2 Å². The highest BCUT2D eigenvalue weighted by Crippen LogP contribution is 2.34. The van der Waals surface area contributed by atoms with Crippen molar-refractivity contribution in [2.45, 2.75) is 90.4 Å². The molecule has 2 saturated heterocycles. The van der Waals surface area contributed by atoms with Crippen molar-refractivity contribution in [2.75, 3.05) is 13.1 Å². The van der Waals surface area contributed by atoms with Gasteiger partial charge in [-0.05, 0) is 68.2 Å². The van der Waals surface area contributed by atoms with E-state index in [0.717, 1.165) is 19.9 Å². The molecule has 4 amide bonds. The predicted molar refractivity (Wildman–Crippen MR) is 106 cm³/mol. The van der Waals surface area contributed by atoms with Gasteiger partial charge >= 0.3 is 0 Å². The lowest BCUT2D eigenvalue weighted by Crippen LogP contribution is -2.73. The Hall–Kier alpha value is -1.88. The molecule has 0 atom stereocenters. The van der Waals surface area contributed by atoms with Gasteiger partial charge in [0.2, 0.25) is 0 Å². The number of hydrogen-bond donors (Lipinski definition) is 2. The largest absolute Gasteiger partial charge is 0.312 e. The Balaban J connectivity index is 2.07. The monoisotopic (exact) mass is 426 g/mol. The molecule has 0 aromatic rings. The number of amides is 4. The molecule has 2 rings (SSSR count). The van der Waals surface area contributed by atoms with Gasteiger partial charge < -0.3 is 10.4 Å². The van der Waals surface area contributed by atoms with Gasteiger partial charge in [0.15, 0.2) is 0 Å². The first-order valence-electron chi connectivity index (χ1n) is 10.1. The minimum Gasteiger partial charge on any atom is -0.312 e. The maximum Gasteiger partial charge on any atom is 0.251 e. The number of nitrogens with zero attached hydrogens (tertiary/aromatic N) is 4. The Morgan fingerprint density at radius 1 is 0.533 bits per heavy atom. The third kappa shape index (κ3) is 3.45. The van der Waals surface area contributed by atoms with Gasteiger partial charge in [0.25, 0.3) is 23.6 Å². The van der Waals surface area contributed by atoms with Crippen LogP contribution in [0.2, 0.25) is 0 Å². The van der Waals surface area contributed by atoms with Gasteiger partial charge in [-0.25, -0.2) is 0 Å². The average Bonchev–Trinajstić information content (AvgIpc) is 2.65. The first-order valence-corrected chi connectivity index (χ1v) is 10.1. The molecule has 2 aliphatic rings. The summed E-state index contributed by atoms with van der Waals surface area (Å²) in [6, 6.07) is 0. The number of hydroxylamine groups is 4. The summed E-state index contributed by atoms with van der Waals surface area (Å²) in [4.78, 5) is 53.1. The summed E-state index contributed by atoms with van der Waals surface area (Å²) < 4.78 is 0. The van der Waals surface area contributed by atoms with E-state index in [-0.39, 0.29) is 13.1 Å². The van der Waals surface area contributed by atoms with Gasteiger partial charge in [-0.3, -0.25) is 29.0 Å². The molecule has 0 spiro atoms. The number of imide groups is 2. The van der Waals surface area contributed by atoms with Crippen molar-refractivity contribution < 1.29 is 29.6 Å². The van der Waals surface area contributed by atoms with Crippen molar-refractivity contribution in [3.8, 4) is 0 Å². The SMILES string of the molecule is CC1(C)C(=O)N(CCCCN2C(=O)C(C)(C)N(O)C(C)(C)C2=O)C(=O)C(C)(C)N1O. The van der Waals surface area contributed by atoms with Crippen LogP contribution >= 0.6 is 0 Å². The minimum absolute atomic E-state index is 0.119. The van der Waals surface area contributed by atoms with Gasteiger partial charge in [-0.2, -0.15) is 10.1 Å². The zero-order valence-corrected chi connectivity index (χ0v) is 19.1. The molecule has 0 aromatic heterocycles. The molecule has 2 aliphatic heterocycles. The highest BCUT2D eigenvalue weighted by Gasteiger charge is 2.57. The topological polar surface area (TPSA) is 122 Å². The minimum atomic E-state index is -1.26. The quantitative estimate of drug-likeness (QED) is 0.493. The normalized spacial score (nSPS) is 26.5. The first kappa shape index (κ1) is 24.4. The molecule has 2 N–H and O–H groups in total. The lowest BCUT2D eigenvalue weighted by atomic mass is 9.88. The molecule has 10 heteroatoms. The first-order chi connectivity index (χ1) is 13.4. The van der Waals surface area contributed by atoms with Crippen LogP contribution < -0.4 is 0 Å². The molecule has 0 unspecified atom stereocenters. The average molecular weight is 427 g/mol. The number of hydrogen-bond acceptors (Lipinski definition) is 8.